The van der Waals surface area contributed by atoms with Crippen LogP contribution in [0.3, 0.4) is 0 Å². The van der Waals surface area contributed by atoms with Crippen LogP contribution >= 0.6 is 11.8 Å². The van der Waals surface area contributed by atoms with Gasteiger partial charge >= 0.3 is 0 Å². The maximum Gasteiger partial charge on any atom is 0.221 e. The van der Waals surface area contributed by atoms with E-state index in [-0.39, 0.29) is 24.6 Å². The summed E-state index contributed by atoms with van der Waals surface area (Å²) in [6, 6.07) is 9.96. The molecule has 2 rings (SSSR count). The minimum atomic E-state index is -0.207. The molecule has 0 saturated carbocycles. The van der Waals surface area contributed by atoms with Gasteiger partial charge in [-0.25, -0.2) is 0 Å². The predicted octanol–water partition coefficient (Wildman–Crippen LogP) is 0.801. The molecule has 1 saturated heterocycles. The van der Waals surface area contributed by atoms with E-state index in [1.54, 1.807) is 0 Å². The highest BCUT2D eigenvalue weighted by Gasteiger charge is 2.18. The molecule has 1 aliphatic heterocycles. The van der Waals surface area contributed by atoms with Crippen LogP contribution in [0.4, 0.5) is 0 Å². The third-order valence-electron chi connectivity index (χ3n) is 3.34. The number of rotatable bonds is 6. The van der Waals surface area contributed by atoms with E-state index in [2.05, 4.69) is 10.6 Å². The third kappa shape index (κ3) is 5.15. The van der Waals surface area contributed by atoms with Gasteiger partial charge in [0.05, 0.1) is 12.6 Å². The van der Waals surface area contributed by atoms with Crippen molar-refractivity contribution in [3.63, 3.8) is 0 Å². The van der Waals surface area contributed by atoms with Gasteiger partial charge < -0.3 is 15.7 Å². The second kappa shape index (κ2) is 8.29. The van der Waals surface area contributed by atoms with Crippen LogP contribution in [-0.4, -0.2) is 47.8 Å². The zero-order chi connectivity index (χ0) is 14.2. The lowest BCUT2D eigenvalue weighted by Gasteiger charge is -2.24. The number of hydrogen-bond donors (Lipinski definition) is 3. The smallest absolute Gasteiger partial charge is 0.221 e. The Labute approximate surface area is 124 Å². The van der Waals surface area contributed by atoms with E-state index in [1.807, 2.05) is 42.1 Å². The fourth-order valence-corrected chi connectivity index (χ4v) is 3.27. The molecule has 2 atom stereocenters. The number of hydrogen-bond acceptors (Lipinski definition) is 4. The van der Waals surface area contributed by atoms with Crippen LogP contribution in [0, 0.1) is 0 Å². The van der Waals surface area contributed by atoms with Crippen molar-refractivity contribution in [1.29, 1.82) is 0 Å². The van der Waals surface area contributed by atoms with Gasteiger partial charge in [-0.2, -0.15) is 11.8 Å². The van der Waals surface area contributed by atoms with Gasteiger partial charge in [0.25, 0.3) is 0 Å². The van der Waals surface area contributed by atoms with E-state index in [1.165, 1.54) is 0 Å². The molecule has 0 aliphatic carbocycles. The van der Waals surface area contributed by atoms with E-state index in [0.717, 1.165) is 23.6 Å². The summed E-state index contributed by atoms with van der Waals surface area (Å²) >= 11 is 1.88. The molecule has 0 bridgehead atoms. The highest BCUT2D eigenvalue weighted by atomic mass is 32.2. The van der Waals surface area contributed by atoms with E-state index in [4.69, 9.17) is 0 Å². The minimum absolute atomic E-state index is 0.0139. The van der Waals surface area contributed by atoms with Crippen molar-refractivity contribution in [2.75, 3.05) is 24.7 Å². The lowest BCUT2D eigenvalue weighted by Crippen LogP contribution is -2.45. The first-order chi connectivity index (χ1) is 9.78. The third-order valence-corrected chi connectivity index (χ3v) is 4.47. The summed E-state index contributed by atoms with van der Waals surface area (Å²) in [6.45, 7) is 0.934. The van der Waals surface area contributed by atoms with E-state index >= 15 is 0 Å². The number of amides is 1. The summed E-state index contributed by atoms with van der Waals surface area (Å²) in [4.78, 5) is 12.0. The number of carbonyl (C=O) groups excluding carboxylic acids is 1. The molecular formula is C15H22N2O2S. The molecule has 0 aromatic heterocycles. The Balaban J connectivity index is 1.78. The number of thioether (sulfide) groups is 1. The van der Waals surface area contributed by atoms with Crippen LogP contribution in [0.25, 0.3) is 0 Å². The van der Waals surface area contributed by atoms with Crippen molar-refractivity contribution in [2.24, 2.45) is 0 Å². The Morgan fingerprint density at radius 1 is 1.45 bits per heavy atom. The summed E-state index contributed by atoms with van der Waals surface area (Å²) in [7, 11) is 0. The van der Waals surface area contributed by atoms with E-state index < -0.39 is 0 Å². The van der Waals surface area contributed by atoms with Gasteiger partial charge in [-0.3, -0.25) is 4.79 Å². The molecule has 1 aromatic rings. The Hall–Kier alpha value is -1.04. The minimum Gasteiger partial charge on any atom is -0.394 e. The van der Waals surface area contributed by atoms with Gasteiger partial charge in [0.2, 0.25) is 5.91 Å². The number of benzene rings is 1. The van der Waals surface area contributed by atoms with Crippen LogP contribution < -0.4 is 10.6 Å². The van der Waals surface area contributed by atoms with Crippen LogP contribution in [0.1, 0.15) is 12.0 Å². The molecule has 0 radical (unpaired) electrons. The zero-order valence-electron chi connectivity index (χ0n) is 11.5. The van der Waals surface area contributed by atoms with Crippen molar-refractivity contribution in [1.82, 2.24) is 10.6 Å². The van der Waals surface area contributed by atoms with Crippen molar-refractivity contribution < 1.29 is 9.90 Å². The molecule has 0 spiro atoms. The topological polar surface area (TPSA) is 61.4 Å². The van der Waals surface area contributed by atoms with Gasteiger partial charge in [-0.15, -0.1) is 0 Å². The Bertz CT molecular complexity index is 408. The Kier molecular flexibility index (Phi) is 6.36. The second-order valence-corrected chi connectivity index (χ2v) is 6.22. The summed E-state index contributed by atoms with van der Waals surface area (Å²) in [5, 5.41) is 15.7. The van der Waals surface area contributed by atoms with E-state index in [9.17, 15) is 9.90 Å². The molecule has 1 aliphatic rings. The molecular weight excluding hydrogens is 272 g/mol. The first-order valence-corrected chi connectivity index (χ1v) is 8.18. The van der Waals surface area contributed by atoms with Crippen LogP contribution in [0.15, 0.2) is 30.3 Å². The summed E-state index contributed by atoms with van der Waals surface area (Å²) in [6.07, 6.45) is 1.15. The normalized spacial score (nSPS) is 20.4. The van der Waals surface area contributed by atoms with Crippen LogP contribution in [0.5, 0.6) is 0 Å². The Morgan fingerprint density at radius 2 is 2.25 bits per heavy atom. The summed E-state index contributed by atoms with van der Waals surface area (Å²) < 4.78 is 0. The highest BCUT2D eigenvalue weighted by molar-refractivity contribution is 7.99. The van der Waals surface area contributed by atoms with Crippen molar-refractivity contribution in [2.45, 2.75) is 24.9 Å². The van der Waals surface area contributed by atoms with Gasteiger partial charge in [0, 0.05) is 30.5 Å². The molecule has 3 N–H and O–H groups in total. The number of carbonyl (C=O) groups is 1. The number of aliphatic hydroxyl groups is 1. The SMILES string of the molecule is O=C(CC1CSCCN1)N[C@H](CO)Cc1ccccc1. The fourth-order valence-electron chi connectivity index (χ4n) is 2.32. The first-order valence-electron chi connectivity index (χ1n) is 7.03. The average Bonchev–Trinajstić information content (AvgIpc) is 2.48. The largest absolute Gasteiger partial charge is 0.394 e. The molecule has 1 amide bonds. The first kappa shape index (κ1) is 15.4. The molecule has 4 nitrogen and oxygen atoms in total. The maximum absolute atomic E-state index is 12.0. The highest BCUT2D eigenvalue weighted by Crippen LogP contribution is 2.10. The van der Waals surface area contributed by atoms with Crippen molar-refractivity contribution in [3.8, 4) is 0 Å². The number of aliphatic hydroxyl groups excluding tert-OH is 1. The lowest BCUT2D eigenvalue weighted by atomic mass is 10.1. The van der Waals surface area contributed by atoms with Gasteiger partial charge in [-0.05, 0) is 12.0 Å². The molecule has 110 valence electrons. The average molecular weight is 294 g/mol. The summed E-state index contributed by atoms with van der Waals surface area (Å²) in [5.41, 5.74) is 1.12. The molecule has 5 heteroatoms. The van der Waals surface area contributed by atoms with Crippen molar-refractivity contribution in [3.05, 3.63) is 35.9 Å². The molecule has 1 aromatic carbocycles. The van der Waals surface area contributed by atoms with Gasteiger partial charge in [-0.1, -0.05) is 30.3 Å². The number of nitrogens with one attached hydrogen (secondary N) is 2. The second-order valence-electron chi connectivity index (χ2n) is 5.07. The Morgan fingerprint density at radius 3 is 2.90 bits per heavy atom. The predicted molar refractivity (Wildman–Crippen MR) is 82.9 cm³/mol. The quantitative estimate of drug-likeness (QED) is 0.726. The molecule has 1 fully saturated rings. The zero-order valence-corrected chi connectivity index (χ0v) is 12.4. The van der Waals surface area contributed by atoms with E-state index in [0.29, 0.717) is 12.8 Å². The standard InChI is InChI=1S/C15H22N2O2S/c18-10-13(8-12-4-2-1-3-5-12)17-15(19)9-14-11-20-7-6-16-14/h1-5,13-14,16,18H,6-11H2,(H,17,19)/t13-,14?/m0/s1. The molecule has 1 unspecified atom stereocenters. The summed E-state index contributed by atoms with van der Waals surface area (Å²) in [5.74, 6) is 2.11. The van der Waals surface area contributed by atoms with Gasteiger partial charge in [0.15, 0.2) is 0 Å². The van der Waals surface area contributed by atoms with Gasteiger partial charge in [0.1, 0.15) is 0 Å². The van der Waals surface area contributed by atoms with Crippen LogP contribution in [-0.2, 0) is 11.2 Å². The monoisotopic (exact) mass is 294 g/mol. The molecule has 20 heavy (non-hydrogen) atoms. The fraction of sp³-hybridized carbons (Fsp3) is 0.533. The maximum atomic E-state index is 12.0. The lowest BCUT2D eigenvalue weighted by molar-refractivity contribution is -0.122. The molecule has 1 heterocycles. The van der Waals surface area contributed by atoms with Crippen LogP contribution in [0.2, 0.25) is 0 Å². The van der Waals surface area contributed by atoms with Crippen molar-refractivity contribution >= 4 is 17.7 Å².